The molecule has 0 rings (SSSR count). The maximum absolute atomic E-state index is 10.8. The zero-order valence-electron chi connectivity index (χ0n) is 6.72. The molecular formula is C6H13Cl2O3P. The molecule has 0 unspecified atom stereocenters. The third-order valence-electron chi connectivity index (χ3n) is 0.996. The molecule has 0 radical (unpaired) electrons. The lowest BCUT2D eigenvalue weighted by Crippen LogP contribution is -1.92. The van der Waals surface area contributed by atoms with E-state index in [2.05, 4.69) is 0 Å². The summed E-state index contributed by atoms with van der Waals surface area (Å²) in [6.45, 7) is 0.782. The fourth-order valence-corrected chi connectivity index (χ4v) is 1.39. The summed E-state index contributed by atoms with van der Waals surface area (Å²) in [5.74, 6) is 1.02. The second kappa shape index (κ2) is 9.82. The van der Waals surface area contributed by atoms with E-state index in [1.54, 1.807) is 0 Å². The molecule has 0 aromatic rings. The standard InChI is InChI=1S/C6H13Cl2O3P/c7-3-1-5-10-12(9)11-6-2-4-8/h12H,1-6H2. The van der Waals surface area contributed by atoms with E-state index < -0.39 is 8.25 Å². The number of hydrogen-bond acceptors (Lipinski definition) is 3. The molecule has 0 heterocycles. The van der Waals surface area contributed by atoms with Crippen molar-refractivity contribution in [3.05, 3.63) is 0 Å². The molecule has 0 aromatic heterocycles. The van der Waals surface area contributed by atoms with Gasteiger partial charge in [0, 0.05) is 11.8 Å². The Balaban J connectivity index is 3.10. The Kier molecular flexibility index (Phi) is 10.4. The Labute approximate surface area is 83.3 Å². The van der Waals surface area contributed by atoms with Crippen molar-refractivity contribution in [2.45, 2.75) is 12.8 Å². The normalized spacial score (nSPS) is 10.9. The summed E-state index contributed by atoms with van der Waals surface area (Å²) in [5, 5.41) is 0. The molecule has 0 amide bonds. The Morgan fingerprint density at radius 2 is 1.42 bits per heavy atom. The van der Waals surface area contributed by atoms with E-state index in [0.29, 0.717) is 37.8 Å². The van der Waals surface area contributed by atoms with Crippen molar-refractivity contribution in [2.24, 2.45) is 0 Å². The van der Waals surface area contributed by atoms with E-state index in [1.165, 1.54) is 0 Å². The van der Waals surface area contributed by atoms with Crippen molar-refractivity contribution in [3.8, 4) is 0 Å². The number of rotatable bonds is 8. The van der Waals surface area contributed by atoms with Gasteiger partial charge in [-0.05, 0) is 12.8 Å². The van der Waals surface area contributed by atoms with Gasteiger partial charge in [0.1, 0.15) is 0 Å². The summed E-state index contributed by atoms with van der Waals surface area (Å²) in [5.41, 5.74) is 0. The second-order valence-corrected chi connectivity index (χ2v) is 3.87. The van der Waals surface area contributed by atoms with Crippen LogP contribution in [0.25, 0.3) is 0 Å². The van der Waals surface area contributed by atoms with E-state index in [9.17, 15) is 4.57 Å². The molecular weight excluding hydrogens is 222 g/mol. The summed E-state index contributed by atoms with van der Waals surface area (Å²) in [4.78, 5) is 0. The average Bonchev–Trinajstić information content (AvgIpc) is 2.06. The maximum Gasteiger partial charge on any atom is 0.319 e. The Bertz CT molecular complexity index is 111. The van der Waals surface area contributed by atoms with Crippen molar-refractivity contribution >= 4 is 31.5 Å². The Morgan fingerprint density at radius 1 is 1.00 bits per heavy atom. The zero-order valence-corrected chi connectivity index (χ0v) is 9.24. The van der Waals surface area contributed by atoms with Crippen molar-refractivity contribution in [3.63, 3.8) is 0 Å². The number of hydrogen-bond donors (Lipinski definition) is 0. The predicted molar refractivity (Wildman–Crippen MR) is 51.6 cm³/mol. The van der Waals surface area contributed by atoms with E-state index in [1.807, 2.05) is 0 Å². The molecule has 3 nitrogen and oxygen atoms in total. The topological polar surface area (TPSA) is 35.5 Å². The molecule has 12 heavy (non-hydrogen) atoms. The third kappa shape index (κ3) is 8.82. The van der Waals surface area contributed by atoms with Gasteiger partial charge in [0.15, 0.2) is 0 Å². The van der Waals surface area contributed by atoms with Crippen LogP contribution >= 0.6 is 31.5 Å². The molecule has 0 fully saturated rings. The second-order valence-electron chi connectivity index (χ2n) is 2.03. The molecule has 0 aromatic carbocycles. The van der Waals surface area contributed by atoms with Gasteiger partial charge in [0.2, 0.25) is 0 Å². The lowest BCUT2D eigenvalue weighted by molar-refractivity contribution is 0.227. The first-order chi connectivity index (χ1) is 5.81. The molecule has 6 heteroatoms. The van der Waals surface area contributed by atoms with Gasteiger partial charge in [-0.3, -0.25) is 4.57 Å². The predicted octanol–water partition coefficient (Wildman–Crippen LogP) is 2.67. The van der Waals surface area contributed by atoms with E-state index in [-0.39, 0.29) is 0 Å². The van der Waals surface area contributed by atoms with Gasteiger partial charge in [-0.2, -0.15) is 0 Å². The van der Waals surface area contributed by atoms with Crippen molar-refractivity contribution in [2.75, 3.05) is 25.0 Å². The molecule has 0 saturated carbocycles. The molecule has 0 bridgehead atoms. The van der Waals surface area contributed by atoms with Crippen LogP contribution in [0.2, 0.25) is 0 Å². The summed E-state index contributed by atoms with van der Waals surface area (Å²) in [6, 6.07) is 0. The van der Waals surface area contributed by atoms with E-state index in [0.717, 1.165) is 0 Å². The molecule has 0 N–H and O–H groups in total. The Hall–Kier alpha value is 0.730. The van der Waals surface area contributed by atoms with E-state index >= 15 is 0 Å². The minimum atomic E-state index is -2.30. The number of halogens is 2. The van der Waals surface area contributed by atoms with Gasteiger partial charge in [0.25, 0.3) is 0 Å². The highest BCUT2D eigenvalue weighted by Crippen LogP contribution is 2.23. The molecule has 0 saturated heterocycles. The van der Waals surface area contributed by atoms with E-state index in [4.69, 9.17) is 32.2 Å². The third-order valence-corrected chi connectivity index (χ3v) is 2.41. The minimum Gasteiger partial charge on any atom is -0.311 e. The molecule has 0 aliphatic rings. The van der Waals surface area contributed by atoms with Crippen molar-refractivity contribution < 1.29 is 13.6 Å². The summed E-state index contributed by atoms with van der Waals surface area (Å²) >= 11 is 10.8. The largest absolute Gasteiger partial charge is 0.319 e. The molecule has 0 atom stereocenters. The fourth-order valence-electron chi connectivity index (χ4n) is 0.462. The smallest absolute Gasteiger partial charge is 0.311 e. The fraction of sp³-hybridized carbons (Fsp3) is 1.00. The molecule has 0 spiro atoms. The van der Waals surface area contributed by atoms with Gasteiger partial charge < -0.3 is 9.05 Å². The highest BCUT2D eigenvalue weighted by atomic mass is 35.5. The lowest BCUT2D eigenvalue weighted by Gasteiger charge is -2.02. The van der Waals surface area contributed by atoms with Crippen LogP contribution in [0.1, 0.15) is 12.8 Å². The van der Waals surface area contributed by atoms with Gasteiger partial charge in [-0.1, -0.05) is 0 Å². The van der Waals surface area contributed by atoms with Gasteiger partial charge >= 0.3 is 8.25 Å². The quantitative estimate of drug-likeness (QED) is 0.368. The first-order valence-corrected chi connectivity index (χ1v) is 6.02. The summed E-state index contributed by atoms with van der Waals surface area (Å²) in [7, 11) is -2.30. The Morgan fingerprint density at radius 3 is 1.75 bits per heavy atom. The monoisotopic (exact) mass is 234 g/mol. The molecule has 0 aliphatic carbocycles. The van der Waals surface area contributed by atoms with Gasteiger partial charge in [0.05, 0.1) is 13.2 Å². The van der Waals surface area contributed by atoms with Crippen LogP contribution < -0.4 is 0 Å². The van der Waals surface area contributed by atoms with Crippen LogP contribution in [-0.4, -0.2) is 25.0 Å². The lowest BCUT2D eigenvalue weighted by atomic mass is 10.5. The van der Waals surface area contributed by atoms with Crippen LogP contribution in [0.4, 0.5) is 0 Å². The van der Waals surface area contributed by atoms with Crippen LogP contribution in [0.15, 0.2) is 0 Å². The molecule has 0 aliphatic heterocycles. The van der Waals surface area contributed by atoms with Gasteiger partial charge in [-0.15, -0.1) is 23.2 Å². The maximum atomic E-state index is 10.8. The average molecular weight is 235 g/mol. The SMILES string of the molecule is O=[PH](OCCCCl)OCCCCl. The zero-order chi connectivity index (χ0) is 9.23. The summed E-state index contributed by atoms with van der Waals surface area (Å²) in [6.07, 6.45) is 1.38. The van der Waals surface area contributed by atoms with Crippen LogP contribution in [0, 0.1) is 0 Å². The summed E-state index contributed by atoms with van der Waals surface area (Å²) < 4.78 is 20.5. The van der Waals surface area contributed by atoms with Crippen molar-refractivity contribution in [1.82, 2.24) is 0 Å². The van der Waals surface area contributed by atoms with Crippen LogP contribution in [0.5, 0.6) is 0 Å². The minimum absolute atomic E-state index is 0.391. The molecule has 74 valence electrons. The number of alkyl halides is 2. The highest BCUT2D eigenvalue weighted by Gasteiger charge is 1.97. The van der Waals surface area contributed by atoms with Crippen LogP contribution in [-0.2, 0) is 13.6 Å². The van der Waals surface area contributed by atoms with Gasteiger partial charge in [-0.25, -0.2) is 0 Å². The first kappa shape index (κ1) is 12.7. The van der Waals surface area contributed by atoms with Crippen LogP contribution in [0.3, 0.4) is 0 Å². The highest BCUT2D eigenvalue weighted by molar-refractivity contribution is 7.33. The first-order valence-electron chi connectivity index (χ1n) is 3.72. The van der Waals surface area contributed by atoms with Crippen molar-refractivity contribution in [1.29, 1.82) is 0 Å².